The minimum absolute atomic E-state index is 0.0935. The Morgan fingerprint density at radius 3 is 2.36 bits per heavy atom. The Labute approximate surface area is 84.4 Å². The van der Waals surface area contributed by atoms with E-state index >= 15 is 0 Å². The van der Waals surface area contributed by atoms with Crippen LogP contribution < -0.4 is 16.4 Å². The fourth-order valence-corrected chi connectivity index (χ4v) is 1.21. The maximum atomic E-state index is 11.0. The minimum atomic E-state index is -0.815. The molecule has 0 unspecified atom stereocenters. The van der Waals surface area contributed by atoms with E-state index in [2.05, 4.69) is 12.2 Å². The van der Waals surface area contributed by atoms with Crippen molar-refractivity contribution in [2.75, 3.05) is 6.54 Å². The molecule has 3 amide bonds. The Morgan fingerprint density at radius 1 is 1.36 bits per heavy atom. The van der Waals surface area contributed by atoms with Crippen molar-refractivity contribution in [3.05, 3.63) is 0 Å². The van der Waals surface area contributed by atoms with Crippen molar-refractivity contribution in [3.8, 4) is 0 Å². The first-order valence-corrected chi connectivity index (χ1v) is 4.71. The molecule has 0 fully saturated rings. The smallest absolute Gasteiger partial charge is 0.318 e. The van der Waals surface area contributed by atoms with Crippen molar-refractivity contribution in [3.63, 3.8) is 0 Å². The van der Waals surface area contributed by atoms with Gasteiger partial charge in [-0.05, 0) is 20.3 Å². The molecule has 0 heterocycles. The molecule has 0 spiro atoms. The van der Waals surface area contributed by atoms with Crippen LogP contribution in [0.15, 0.2) is 0 Å². The highest BCUT2D eigenvalue weighted by atomic mass is 16.2. The Bertz CT molecular complexity index is 214. The number of rotatable bonds is 5. The molecule has 0 atom stereocenters. The highest BCUT2D eigenvalue weighted by Crippen LogP contribution is 2.09. The van der Waals surface area contributed by atoms with Crippen LogP contribution in [-0.2, 0) is 4.79 Å². The summed E-state index contributed by atoms with van der Waals surface area (Å²) in [5, 5.41) is 5.04. The van der Waals surface area contributed by atoms with Crippen LogP contribution in [0.4, 0.5) is 4.79 Å². The third-order valence-electron chi connectivity index (χ3n) is 1.87. The molecule has 0 rings (SSSR count). The maximum absolute atomic E-state index is 11.0. The second-order valence-corrected chi connectivity index (χ2v) is 3.90. The molecule has 0 saturated heterocycles. The number of hydrogen-bond acceptors (Lipinski definition) is 3. The van der Waals surface area contributed by atoms with Crippen molar-refractivity contribution in [1.29, 1.82) is 0 Å². The lowest BCUT2D eigenvalue weighted by Crippen LogP contribution is -2.47. The van der Waals surface area contributed by atoms with Gasteiger partial charge in [0.05, 0.1) is 6.54 Å². The quantitative estimate of drug-likeness (QED) is 0.600. The summed E-state index contributed by atoms with van der Waals surface area (Å²) in [4.78, 5) is 21.4. The fraction of sp³-hybridized carbons (Fsp3) is 0.778. The Kier molecular flexibility index (Phi) is 5.15. The number of primary amides is 1. The van der Waals surface area contributed by atoms with E-state index in [0.717, 1.165) is 12.8 Å². The van der Waals surface area contributed by atoms with Gasteiger partial charge in [-0.3, -0.25) is 10.1 Å². The van der Waals surface area contributed by atoms with Gasteiger partial charge in [0.1, 0.15) is 0 Å². The zero-order chi connectivity index (χ0) is 11.2. The van der Waals surface area contributed by atoms with Crippen molar-refractivity contribution < 1.29 is 9.59 Å². The lowest BCUT2D eigenvalue weighted by Gasteiger charge is -2.25. The van der Waals surface area contributed by atoms with Crippen molar-refractivity contribution >= 4 is 11.9 Å². The van der Waals surface area contributed by atoms with E-state index in [1.54, 1.807) is 0 Å². The number of imide groups is 1. The third-order valence-corrected chi connectivity index (χ3v) is 1.87. The number of carbonyl (C=O) groups excluding carboxylic acids is 2. The molecule has 0 aromatic heterocycles. The van der Waals surface area contributed by atoms with Crippen LogP contribution in [-0.4, -0.2) is 24.0 Å². The predicted molar refractivity (Wildman–Crippen MR) is 54.7 cm³/mol. The molecule has 0 aliphatic carbocycles. The van der Waals surface area contributed by atoms with E-state index in [4.69, 9.17) is 5.73 Å². The Hall–Kier alpha value is -1.10. The predicted octanol–water partition coefficient (Wildman–Crippen LogP) is 0.350. The van der Waals surface area contributed by atoms with Gasteiger partial charge in [0.25, 0.3) is 0 Å². The topological polar surface area (TPSA) is 84.2 Å². The molecule has 0 radical (unpaired) electrons. The molecule has 0 bridgehead atoms. The van der Waals surface area contributed by atoms with E-state index in [1.807, 2.05) is 19.2 Å². The molecule has 0 aliphatic rings. The van der Waals surface area contributed by atoms with Crippen LogP contribution in [0.5, 0.6) is 0 Å². The molecular formula is C9H19N3O2. The fourth-order valence-electron chi connectivity index (χ4n) is 1.21. The van der Waals surface area contributed by atoms with Gasteiger partial charge in [0, 0.05) is 5.54 Å². The lowest BCUT2D eigenvalue weighted by molar-refractivity contribution is -0.119. The molecule has 82 valence electrons. The first-order valence-electron chi connectivity index (χ1n) is 4.71. The number of urea groups is 1. The monoisotopic (exact) mass is 201 g/mol. The second kappa shape index (κ2) is 5.59. The van der Waals surface area contributed by atoms with Crippen molar-refractivity contribution in [1.82, 2.24) is 10.6 Å². The van der Waals surface area contributed by atoms with E-state index in [1.165, 1.54) is 0 Å². The molecule has 5 nitrogen and oxygen atoms in total. The summed E-state index contributed by atoms with van der Waals surface area (Å²) < 4.78 is 0. The summed E-state index contributed by atoms with van der Waals surface area (Å²) in [6.45, 7) is 6.20. The summed E-state index contributed by atoms with van der Waals surface area (Å²) in [6, 6.07) is -0.815. The minimum Gasteiger partial charge on any atom is -0.351 e. The van der Waals surface area contributed by atoms with Crippen molar-refractivity contribution in [2.24, 2.45) is 5.73 Å². The molecule has 0 aromatic rings. The van der Waals surface area contributed by atoms with Crippen LogP contribution in [0.25, 0.3) is 0 Å². The van der Waals surface area contributed by atoms with E-state index in [0.29, 0.717) is 0 Å². The number of hydrogen-bond donors (Lipinski definition) is 3. The Balaban J connectivity index is 3.81. The molecular weight excluding hydrogens is 182 g/mol. The van der Waals surface area contributed by atoms with E-state index < -0.39 is 11.9 Å². The van der Waals surface area contributed by atoms with Gasteiger partial charge in [-0.1, -0.05) is 13.3 Å². The maximum Gasteiger partial charge on any atom is 0.318 e. The van der Waals surface area contributed by atoms with Gasteiger partial charge in [-0.15, -0.1) is 0 Å². The number of nitrogens with one attached hydrogen (secondary N) is 2. The zero-order valence-corrected chi connectivity index (χ0v) is 9.02. The van der Waals surface area contributed by atoms with Crippen LogP contribution in [0.1, 0.15) is 33.6 Å². The van der Waals surface area contributed by atoms with E-state index in [-0.39, 0.29) is 12.1 Å². The Morgan fingerprint density at radius 2 is 1.93 bits per heavy atom. The third kappa shape index (κ3) is 6.42. The normalized spacial score (nSPS) is 11.1. The van der Waals surface area contributed by atoms with Gasteiger partial charge < -0.3 is 11.1 Å². The molecule has 0 aliphatic heterocycles. The summed E-state index contributed by atoms with van der Waals surface area (Å²) in [5.41, 5.74) is 4.70. The summed E-state index contributed by atoms with van der Waals surface area (Å²) >= 11 is 0. The van der Waals surface area contributed by atoms with Crippen LogP contribution in [0.2, 0.25) is 0 Å². The molecule has 4 N–H and O–H groups in total. The summed E-state index contributed by atoms with van der Waals surface area (Å²) in [7, 11) is 0. The van der Waals surface area contributed by atoms with Gasteiger partial charge >= 0.3 is 6.03 Å². The second-order valence-electron chi connectivity index (χ2n) is 3.90. The highest BCUT2D eigenvalue weighted by Gasteiger charge is 2.16. The van der Waals surface area contributed by atoms with Crippen LogP contribution in [0.3, 0.4) is 0 Å². The number of carbonyl (C=O) groups is 2. The van der Waals surface area contributed by atoms with Gasteiger partial charge in [-0.25, -0.2) is 4.79 Å². The average molecular weight is 201 g/mol. The van der Waals surface area contributed by atoms with Crippen LogP contribution in [0, 0.1) is 0 Å². The number of amides is 3. The van der Waals surface area contributed by atoms with Crippen LogP contribution >= 0.6 is 0 Å². The lowest BCUT2D eigenvalue weighted by atomic mass is 9.99. The molecule has 0 aromatic carbocycles. The summed E-state index contributed by atoms with van der Waals surface area (Å²) in [6.07, 6.45) is 2.01. The summed E-state index contributed by atoms with van der Waals surface area (Å²) in [5.74, 6) is -0.401. The number of nitrogens with two attached hydrogens (primary N) is 1. The largest absolute Gasteiger partial charge is 0.351 e. The van der Waals surface area contributed by atoms with Gasteiger partial charge in [0.2, 0.25) is 5.91 Å². The standard InChI is InChI=1S/C9H19N3O2/c1-4-5-9(2,3)11-6-7(13)12-8(10)14/h11H,4-6H2,1-3H3,(H3,10,12,13,14). The molecule has 5 heteroatoms. The zero-order valence-electron chi connectivity index (χ0n) is 9.02. The van der Waals surface area contributed by atoms with Gasteiger partial charge in [0.15, 0.2) is 0 Å². The SMILES string of the molecule is CCCC(C)(C)NCC(=O)NC(N)=O. The highest BCUT2D eigenvalue weighted by molar-refractivity contribution is 5.94. The molecule has 0 saturated carbocycles. The van der Waals surface area contributed by atoms with Crippen molar-refractivity contribution in [2.45, 2.75) is 39.2 Å². The average Bonchev–Trinajstić information content (AvgIpc) is 2.00. The van der Waals surface area contributed by atoms with Gasteiger partial charge in [-0.2, -0.15) is 0 Å². The first kappa shape index (κ1) is 12.9. The first-order chi connectivity index (χ1) is 6.37. The van der Waals surface area contributed by atoms with E-state index in [9.17, 15) is 9.59 Å². The molecule has 14 heavy (non-hydrogen) atoms.